The van der Waals surface area contributed by atoms with E-state index in [0.717, 1.165) is 39.1 Å². The topological polar surface area (TPSA) is 29.0 Å². The number of anilines is 3. The highest BCUT2D eigenvalue weighted by molar-refractivity contribution is 6.09. The van der Waals surface area contributed by atoms with Crippen molar-refractivity contribution in [3.63, 3.8) is 0 Å². The molecule has 1 atom stereocenters. The molecule has 2 aliphatic rings. The van der Waals surface area contributed by atoms with Gasteiger partial charge in [0.25, 0.3) is 0 Å². The fourth-order valence-electron chi connectivity index (χ4n) is 11.7. The van der Waals surface area contributed by atoms with E-state index in [-0.39, 0.29) is 0 Å². The summed E-state index contributed by atoms with van der Waals surface area (Å²) in [6.07, 6.45) is 2.35. The molecule has 0 amide bonds. The lowest BCUT2D eigenvalue weighted by atomic mass is 9.67. The lowest BCUT2D eigenvalue weighted by Gasteiger charge is -2.38. The Labute approximate surface area is 407 Å². The Morgan fingerprint density at radius 3 is 1.86 bits per heavy atom. The van der Waals surface area contributed by atoms with E-state index in [2.05, 4.69) is 266 Å². The molecule has 1 aromatic heterocycles. The van der Waals surface area contributed by atoms with E-state index in [1.165, 1.54) is 82.8 Å². The van der Waals surface area contributed by atoms with Crippen LogP contribution in [0.15, 0.2) is 255 Å². The zero-order valence-corrected chi connectivity index (χ0v) is 38.2. The molecule has 1 heterocycles. The summed E-state index contributed by atoms with van der Waals surface area (Å²) in [7, 11) is 0. The molecule has 0 fully saturated rings. The monoisotopic (exact) mass is 889 g/mol. The Morgan fingerprint density at radius 1 is 0.386 bits per heavy atom. The third-order valence-electron chi connectivity index (χ3n) is 14.7. The normalized spacial score (nSPS) is 14.9. The smallest absolute Gasteiger partial charge is 0.235 e. The summed E-state index contributed by atoms with van der Waals surface area (Å²) in [5.41, 5.74) is 18.6. The van der Waals surface area contributed by atoms with Crippen LogP contribution in [0.25, 0.3) is 77.6 Å². The number of aromatic nitrogens is 2. The van der Waals surface area contributed by atoms with Crippen LogP contribution in [0.2, 0.25) is 0 Å². The molecule has 3 nitrogen and oxygen atoms in total. The molecule has 3 heteroatoms. The summed E-state index contributed by atoms with van der Waals surface area (Å²) in [6, 6.07) is 92.6. The van der Waals surface area contributed by atoms with Crippen LogP contribution in [0.1, 0.15) is 38.9 Å². The maximum absolute atomic E-state index is 5.65. The highest BCUT2D eigenvalue weighted by Crippen LogP contribution is 2.60. The van der Waals surface area contributed by atoms with Crippen molar-refractivity contribution in [1.82, 2.24) is 9.97 Å². The highest BCUT2D eigenvalue weighted by Gasteiger charge is 2.48. The van der Waals surface area contributed by atoms with Crippen molar-refractivity contribution in [2.24, 2.45) is 0 Å². The molecule has 0 N–H and O–H groups in total. The summed E-state index contributed by atoms with van der Waals surface area (Å²) in [5, 5.41) is 5.94. The molecule has 0 radical (unpaired) electrons. The number of benzene rings is 11. The van der Waals surface area contributed by atoms with Gasteiger partial charge in [-0.1, -0.05) is 224 Å². The van der Waals surface area contributed by atoms with E-state index in [4.69, 9.17) is 9.97 Å². The molecule has 70 heavy (non-hydrogen) atoms. The first-order chi connectivity index (χ1) is 34.7. The molecule has 0 spiro atoms. The van der Waals surface area contributed by atoms with Crippen LogP contribution in [0.4, 0.5) is 17.3 Å². The Bertz CT molecular complexity index is 4080. The lowest BCUT2D eigenvalue weighted by Crippen LogP contribution is -2.31. The standard InChI is InChI=1S/C67H43N3/c1-3-21-47(22-4-1)65-56-30-14-17-33-62(56)68-66(69-65)70(50-38-39-54-57(52-27-11-12-28-53(52)58(54)43-50)42-44-35-36-45-19-7-8-23-48(45)41-44)63-34-18-16-32-60(63)67(49-24-5-2-6-25-49)59-31-15-13-29-55(59)64-51-26-10-9-20-46(51)37-40-61(64)67/h1-43H/b57-42-. The summed E-state index contributed by atoms with van der Waals surface area (Å²) in [4.78, 5) is 13.5. The van der Waals surface area contributed by atoms with Crippen molar-refractivity contribution >= 4 is 61.4 Å². The van der Waals surface area contributed by atoms with Gasteiger partial charge >= 0.3 is 0 Å². The molecular formula is C67H43N3. The van der Waals surface area contributed by atoms with Gasteiger partial charge in [-0.25, -0.2) is 9.97 Å². The van der Waals surface area contributed by atoms with Crippen molar-refractivity contribution in [2.75, 3.05) is 4.90 Å². The fraction of sp³-hybridized carbons (Fsp3) is 0.0149. The second kappa shape index (κ2) is 16.0. The molecule has 1 unspecified atom stereocenters. The first kappa shape index (κ1) is 39.9. The van der Waals surface area contributed by atoms with Crippen LogP contribution in [-0.2, 0) is 5.41 Å². The average molecular weight is 890 g/mol. The summed E-state index contributed by atoms with van der Waals surface area (Å²) in [6.45, 7) is 0. The predicted molar refractivity (Wildman–Crippen MR) is 291 cm³/mol. The summed E-state index contributed by atoms with van der Waals surface area (Å²) < 4.78 is 0. The minimum atomic E-state index is -0.718. The first-order valence-corrected chi connectivity index (χ1v) is 24.1. The van der Waals surface area contributed by atoms with E-state index in [9.17, 15) is 0 Å². The quantitative estimate of drug-likeness (QED) is 0.160. The van der Waals surface area contributed by atoms with E-state index in [1.54, 1.807) is 0 Å². The molecule has 14 rings (SSSR count). The fourth-order valence-corrected chi connectivity index (χ4v) is 11.7. The number of nitrogens with zero attached hydrogens (tertiary/aromatic N) is 3. The van der Waals surface area contributed by atoms with Crippen LogP contribution >= 0.6 is 0 Å². The van der Waals surface area contributed by atoms with Gasteiger partial charge < -0.3 is 0 Å². The first-order valence-electron chi connectivity index (χ1n) is 24.1. The van der Waals surface area contributed by atoms with E-state index >= 15 is 0 Å². The highest BCUT2D eigenvalue weighted by atomic mass is 15.3. The maximum atomic E-state index is 5.65. The van der Waals surface area contributed by atoms with E-state index in [0.29, 0.717) is 5.95 Å². The van der Waals surface area contributed by atoms with Gasteiger partial charge in [0.05, 0.1) is 22.3 Å². The number of hydrogen-bond donors (Lipinski definition) is 0. The van der Waals surface area contributed by atoms with Crippen LogP contribution < -0.4 is 4.90 Å². The van der Waals surface area contributed by atoms with Gasteiger partial charge in [0.2, 0.25) is 5.95 Å². The van der Waals surface area contributed by atoms with Crippen LogP contribution in [0, 0.1) is 0 Å². The van der Waals surface area contributed by atoms with Crippen molar-refractivity contribution in [1.29, 1.82) is 0 Å². The number of rotatable bonds is 7. The van der Waals surface area contributed by atoms with Crippen molar-refractivity contribution in [3.05, 3.63) is 294 Å². The summed E-state index contributed by atoms with van der Waals surface area (Å²) >= 11 is 0. The van der Waals surface area contributed by atoms with Crippen LogP contribution in [0.5, 0.6) is 0 Å². The Morgan fingerprint density at radius 2 is 1.01 bits per heavy atom. The molecule has 0 saturated carbocycles. The zero-order chi connectivity index (χ0) is 46.2. The Balaban J connectivity index is 1.06. The minimum Gasteiger partial charge on any atom is -0.279 e. The second-order valence-corrected chi connectivity index (χ2v) is 18.4. The lowest BCUT2D eigenvalue weighted by molar-refractivity contribution is 0.767. The maximum Gasteiger partial charge on any atom is 0.235 e. The van der Waals surface area contributed by atoms with Crippen molar-refractivity contribution in [2.45, 2.75) is 5.41 Å². The molecule has 0 aliphatic heterocycles. The van der Waals surface area contributed by atoms with Gasteiger partial charge in [-0.3, -0.25) is 4.90 Å². The number of hydrogen-bond acceptors (Lipinski definition) is 3. The Hall–Kier alpha value is -9.18. The van der Waals surface area contributed by atoms with Crippen LogP contribution in [0.3, 0.4) is 0 Å². The molecular weight excluding hydrogens is 847 g/mol. The molecule has 0 bridgehead atoms. The second-order valence-electron chi connectivity index (χ2n) is 18.4. The van der Waals surface area contributed by atoms with Gasteiger partial charge in [-0.15, -0.1) is 0 Å². The van der Waals surface area contributed by atoms with E-state index < -0.39 is 5.41 Å². The van der Waals surface area contributed by atoms with Gasteiger partial charge in [0.1, 0.15) is 0 Å². The third-order valence-corrected chi connectivity index (χ3v) is 14.7. The predicted octanol–water partition coefficient (Wildman–Crippen LogP) is 17.0. The Kier molecular flexibility index (Phi) is 9.11. The van der Waals surface area contributed by atoms with E-state index in [1.807, 2.05) is 0 Å². The molecule has 326 valence electrons. The molecule has 0 saturated heterocycles. The number of fused-ring (bicyclic) bond motifs is 10. The van der Waals surface area contributed by atoms with Crippen LogP contribution in [-0.4, -0.2) is 9.97 Å². The van der Waals surface area contributed by atoms with Gasteiger partial charge in [-0.05, 0) is 125 Å². The number of para-hydroxylation sites is 2. The third kappa shape index (κ3) is 6.08. The molecule has 2 aliphatic carbocycles. The molecule has 11 aromatic carbocycles. The average Bonchev–Trinajstić information content (AvgIpc) is 3.92. The zero-order valence-electron chi connectivity index (χ0n) is 38.2. The largest absolute Gasteiger partial charge is 0.279 e. The summed E-state index contributed by atoms with van der Waals surface area (Å²) in [5.74, 6) is 0.594. The SMILES string of the molecule is C(=C1\c2ccccc2-c2cc(N(c3nc(-c4ccccc4)c4ccccc4n3)c3ccccc3C3(c4ccccc4)c4ccccc4-c4c3ccc3ccccc43)ccc21)/c1ccc2ccccc2c1. The van der Waals surface area contributed by atoms with Gasteiger partial charge in [0, 0.05) is 16.6 Å². The van der Waals surface area contributed by atoms with Gasteiger partial charge in [0.15, 0.2) is 0 Å². The van der Waals surface area contributed by atoms with Crippen molar-refractivity contribution < 1.29 is 0 Å². The van der Waals surface area contributed by atoms with Gasteiger partial charge in [-0.2, -0.15) is 0 Å². The molecule has 12 aromatic rings. The van der Waals surface area contributed by atoms with Crippen molar-refractivity contribution in [3.8, 4) is 33.5 Å². The minimum absolute atomic E-state index is 0.594.